The van der Waals surface area contributed by atoms with Gasteiger partial charge in [0.2, 0.25) is 0 Å². The molecule has 6 nitrogen and oxygen atoms in total. The molecule has 149 valence electrons. The Balaban J connectivity index is 1.47. The fourth-order valence-electron chi connectivity index (χ4n) is 3.72. The molecule has 0 aliphatic rings. The fraction of sp³-hybridized carbons (Fsp3) is 0.0870. The maximum absolute atomic E-state index is 13.5. The van der Waals surface area contributed by atoms with Crippen LogP contribution in [0.1, 0.15) is 12.5 Å². The Bertz CT molecular complexity index is 1350. The van der Waals surface area contributed by atoms with Crippen molar-refractivity contribution in [2.45, 2.75) is 13.5 Å². The van der Waals surface area contributed by atoms with Gasteiger partial charge in [-0.05, 0) is 55.0 Å². The van der Waals surface area contributed by atoms with Gasteiger partial charge in [-0.25, -0.2) is 14.4 Å². The lowest BCUT2D eigenvalue weighted by molar-refractivity contribution is 0.283. The van der Waals surface area contributed by atoms with Crippen LogP contribution in [0.5, 0.6) is 0 Å². The number of hydrogen-bond acceptors (Lipinski definition) is 4. The Kier molecular flexibility index (Phi) is 4.44. The number of aromatic nitrogens is 4. The van der Waals surface area contributed by atoms with E-state index in [2.05, 4.69) is 19.9 Å². The number of nitrogens with one attached hydrogen (secondary N) is 1. The Labute approximate surface area is 172 Å². The third-order valence-corrected chi connectivity index (χ3v) is 5.10. The highest BCUT2D eigenvalue weighted by atomic mass is 19.1. The van der Waals surface area contributed by atoms with Crippen molar-refractivity contribution >= 4 is 33.4 Å². The molecule has 0 amide bonds. The van der Waals surface area contributed by atoms with E-state index in [1.54, 1.807) is 29.8 Å². The first-order valence-corrected chi connectivity index (χ1v) is 9.54. The van der Waals surface area contributed by atoms with Crippen LogP contribution < -0.4 is 5.32 Å². The molecule has 0 saturated heterocycles. The van der Waals surface area contributed by atoms with E-state index in [0.29, 0.717) is 17.9 Å². The van der Waals surface area contributed by atoms with E-state index in [0.717, 1.165) is 27.7 Å². The Hall–Kier alpha value is -3.71. The van der Waals surface area contributed by atoms with Crippen LogP contribution >= 0.6 is 0 Å². The fourth-order valence-corrected chi connectivity index (χ4v) is 3.72. The van der Waals surface area contributed by atoms with Gasteiger partial charge in [0.25, 0.3) is 0 Å². The molecule has 3 heterocycles. The number of aliphatic hydroxyl groups excluding tert-OH is 1. The highest BCUT2D eigenvalue weighted by Gasteiger charge is 2.13. The Morgan fingerprint density at radius 3 is 2.80 bits per heavy atom. The summed E-state index contributed by atoms with van der Waals surface area (Å²) in [6, 6.07) is 16.5. The molecule has 5 aromatic rings. The second-order valence-corrected chi connectivity index (χ2v) is 7.16. The number of aliphatic hydroxyl groups is 1. The zero-order chi connectivity index (χ0) is 20.7. The van der Waals surface area contributed by atoms with Crippen LogP contribution in [0.25, 0.3) is 21.9 Å². The van der Waals surface area contributed by atoms with Crippen LogP contribution in [-0.2, 0) is 6.54 Å². The van der Waals surface area contributed by atoms with Gasteiger partial charge in [0.1, 0.15) is 17.7 Å². The predicted octanol–water partition coefficient (Wildman–Crippen LogP) is 5.05. The Morgan fingerprint density at radius 1 is 1.07 bits per heavy atom. The molecule has 0 bridgehead atoms. The van der Waals surface area contributed by atoms with Crippen LogP contribution in [0.2, 0.25) is 0 Å². The minimum atomic E-state index is -0.230. The molecule has 0 atom stereocenters. The number of rotatable bonds is 5. The van der Waals surface area contributed by atoms with Crippen LogP contribution in [0.15, 0.2) is 73.3 Å². The normalized spacial score (nSPS) is 11.6. The topological polar surface area (TPSA) is 67.9 Å². The zero-order valence-corrected chi connectivity index (χ0v) is 16.2. The van der Waals surface area contributed by atoms with E-state index in [-0.39, 0.29) is 12.0 Å². The maximum Gasteiger partial charge on any atom is 0.187 e. The molecule has 7 heteroatoms. The predicted molar refractivity (Wildman–Crippen MR) is 115 cm³/mol. The number of fused-ring (bicyclic) bond motifs is 2. The molecule has 1 radical (unpaired) electrons. The van der Waals surface area contributed by atoms with Crippen molar-refractivity contribution in [1.29, 1.82) is 0 Å². The molecule has 2 aromatic carbocycles. The van der Waals surface area contributed by atoms with Crippen molar-refractivity contribution < 1.29 is 9.50 Å². The molecule has 0 unspecified atom stereocenters. The van der Waals surface area contributed by atoms with Gasteiger partial charge in [0.05, 0.1) is 5.52 Å². The van der Waals surface area contributed by atoms with E-state index < -0.39 is 0 Å². The largest absolute Gasteiger partial charge is 0.367 e. The summed E-state index contributed by atoms with van der Waals surface area (Å²) in [4.78, 5) is 8.62. The Morgan fingerprint density at radius 2 is 1.97 bits per heavy atom. The van der Waals surface area contributed by atoms with Gasteiger partial charge in [0, 0.05) is 35.5 Å². The van der Waals surface area contributed by atoms with Crippen molar-refractivity contribution in [3.8, 4) is 0 Å². The monoisotopic (exact) mass is 400 g/mol. The lowest BCUT2D eigenvalue weighted by Gasteiger charge is -2.12. The summed E-state index contributed by atoms with van der Waals surface area (Å²) in [6.07, 6.45) is 5.40. The lowest BCUT2D eigenvalue weighted by Crippen LogP contribution is -2.06. The molecule has 30 heavy (non-hydrogen) atoms. The maximum atomic E-state index is 13.5. The van der Waals surface area contributed by atoms with Gasteiger partial charge in [-0.3, -0.25) is 0 Å². The van der Waals surface area contributed by atoms with Gasteiger partial charge in [-0.1, -0.05) is 12.1 Å². The molecule has 0 fully saturated rings. The number of nitrogens with zero attached hydrogens (tertiary/aromatic N) is 4. The summed E-state index contributed by atoms with van der Waals surface area (Å²) in [5.74, 6) is 0.378. The lowest BCUT2D eigenvalue weighted by atomic mass is 10.2. The van der Waals surface area contributed by atoms with Crippen LogP contribution in [0.4, 0.5) is 15.9 Å². The third kappa shape index (κ3) is 3.29. The minimum absolute atomic E-state index is 0.146. The second-order valence-electron chi connectivity index (χ2n) is 7.16. The number of hydrogen-bond donors (Lipinski definition) is 2. The molecule has 2 N–H and O–H groups in total. The standard InChI is InChI=1S/C23H19FN5O/c1-15(30)29-10-8-20-22(29)23(26-14-25-20)27-19-5-6-21-17(12-19)7-9-28(21)13-16-3-2-4-18(24)11-16/h2-12,14,30H,13H2,1H3,(H,25,26,27). The van der Waals surface area contributed by atoms with Gasteiger partial charge in [-0.2, -0.15) is 0 Å². The first-order valence-electron chi connectivity index (χ1n) is 9.54. The van der Waals surface area contributed by atoms with Crippen molar-refractivity contribution in [2.75, 3.05) is 5.32 Å². The van der Waals surface area contributed by atoms with E-state index in [1.165, 1.54) is 12.4 Å². The van der Waals surface area contributed by atoms with Crippen LogP contribution in [0.3, 0.4) is 0 Å². The van der Waals surface area contributed by atoms with Gasteiger partial charge >= 0.3 is 0 Å². The van der Waals surface area contributed by atoms with Gasteiger partial charge < -0.3 is 19.6 Å². The molecular formula is C23H19FN5O. The number of benzene rings is 2. The van der Waals surface area contributed by atoms with E-state index in [1.807, 2.05) is 42.6 Å². The van der Waals surface area contributed by atoms with Crippen molar-refractivity contribution in [1.82, 2.24) is 19.1 Å². The van der Waals surface area contributed by atoms with E-state index >= 15 is 0 Å². The summed E-state index contributed by atoms with van der Waals surface area (Å²) in [6.45, 7) is 2.21. The highest BCUT2D eigenvalue weighted by Crippen LogP contribution is 2.28. The SMILES string of the molecule is C[C](O)n1ccc2ncnc(Nc3ccc4c(ccn4Cc4cccc(F)c4)c3)c21. The summed E-state index contributed by atoms with van der Waals surface area (Å²) in [5.41, 5.74) is 4.29. The van der Waals surface area contributed by atoms with Gasteiger partial charge in [-0.15, -0.1) is 0 Å². The van der Waals surface area contributed by atoms with Crippen molar-refractivity contribution in [3.63, 3.8) is 0 Å². The molecule has 3 aromatic heterocycles. The summed E-state index contributed by atoms with van der Waals surface area (Å²) >= 11 is 0. The second kappa shape index (κ2) is 7.27. The van der Waals surface area contributed by atoms with Crippen LogP contribution in [0, 0.1) is 12.0 Å². The molecule has 0 saturated carbocycles. The third-order valence-electron chi connectivity index (χ3n) is 5.10. The average molecular weight is 400 g/mol. The number of halogens is 1. The number of anilines is 2. The minimum Gasteiger partial charge on any atom is -0.367 e. The zero-order valence-electron chi connectivity index (χ0n) is 16.2. The van der Waals surface area contributed by atoms with Gasteiger partial charge in [0.15, 0.2) is 12.0 Å². The molecule has 5 rings (SSSR count). The first-order chi connectivity index (χ1) is 14.6. The first kappa shape index (κ1) is 18.3. The van der Waals surface area contributed by atoms with E-state index in [4.69, 9.17) is 0 Å². The summed E-state index contributed by atoms with van der Waals surface area (Å²) in [5, 5.41) is 14.3. The average Bonchev–Trinajstić information content (AvgIpc) is 3.33. The molecule has 0 aliphatic heterocycles. The molecule has 0 spiro atoms. The van der Waals surface area contributed by atoms with Crippen molar-refractivity contribution in [3.05, 3.63) is 90.9 Å². The smallest absolute Gasteiger partial charge is 0.187 e. The van der Waals surface area contributed by atoms with Crippen molar-refractivity contribution in [2.24, 2.45) is 0 Å². The quantitative estimate of drug-likeness (QED) is 0.433. The molecule has 0 aliphatic carbocycles. The highest BCUT2D eigenvalue weighted by molar-refractivity contribution is 5.90. The van der Waals surface area contributed by atoms with Crippen LogP contribution in [-0.4, -0.2) is 24.2 Å². The molecular weight excluding hydrogens is 381 g/mol. The summed E-state index contributed by atoms with van der Waals surface area (Å²) < 4.78 is 17.2. The van der Waals surface area contributed by atoms with E-state index in [9.17, 15) is 9.50 Å². The summed E-state index contributed by atoms with van der Waals surface area (Å²) in [7, 11) is 0.